The Morgan fingerprint density at radius 2 is 1.80 bits per heavy atom. The van der Waals surface area contributed by atoms with E-state index in [1.54, 1.807) is 37.8 Å². The molecule has 4 aliphatic rings. The van der Waals surface area contributed by atoms with Gasteiger partial charge in [-0.3, -0.25) is 14.5 Å². The number of halogens is 1. The van der Waals surface area contributed by atoms with Crippen molar-refractivity contribution in [3.63, 3.8) is 0 Å². The van der Waals surface area contributed by atoms with E-state index in [0.29, 0.717) is 25.3 Å². The van der Waals surface area contributed by atoms with Crippen LogP contribution < -0.4 is 5.32 Å². The smallest absolute Gasteiger partial charge is 0.408 e. The third-order valence-electron chi connectivity index (χ3n) is 8.51. The summed E-state index contributed by atoms with van der Waals surface area (Å²) in [5.74, 6) is -0.302. The second-order valence-corrected chi connectivity index (χ2v) is 13.8. The number of benzene rings is 1. The van der Waals surface area contributed by atoms with Crippen LogP contribution in [0.25, 0.3) is 0 Å². The number of hydrogen-bond donors (Lipinski definition) is 1. The Morgan fingerprint density at radius 1 is 1.12 bits per heavy atom. The van der Waals surface area contributed by atoms with Gasteiger partial charge in [-0.2, -0.15) is 5.26 Å². The molecule has 2 bridgehead atoms. The molecule has 3 saturated heterocycles. The molecule has 7 atom stereocenters. The lowest BCUT2D eigenvalue weighted by Gasteiger charge is -2.45. The van der Waals surface area contributed by atoms with E-state index in [1.807, 2.05) is 9.80 Å². The number of piperazine rings is 1. The third kappa shape index (κ3) is 5.40. The average molecular weight is 554 g/mol. The number of carbonyl (C=O) groups excluding carboxylic acids is 3. The number of nitrogens with zero attached hydrogens (tertiary/aromatic N) is 4. The van der Waals surface area contributed by atoms with Gasteiger partial charge in [-0.15, -0.1) is 0 Å². The van der Waals surface area contributed by atoms with Gasteiger partial charge in [0.15, 0.2) is 0 Å². The molecule has 3 amide bonds. The van der Waals surface area contributed by atoms with Crippen molar-refractivity contribution in [1.82, 2.24) is 20.0 Å². The summed E-state index contributed by atoms with van der Waals surface area (Å²) in [4.78, 5) is 46.0. The van der Waals surface area contributed by atoms with Crippen LogP contribution in [0.3, 0.4) is 0 Å². The first-order chi connectivity index (χ1) is 18.7. The molecule has 1 aromatic carbocycles. The van der Waals surface area contributed by atoms with E-state index < -0.39 is 29.8 Å². The molecule has 5 rings (SSSR count). The predicted octanol–water partition coefficient (Wildman–Crippen LogP) is 3.60. The van der Waals surface area contributed by atoms with Crippen LogP contribution in [0, 0.1) is 28.5 Å². The van der Waals surface area contributed by atoms with Crippen LogP contribution in [-0.4, -0.2) is 81.5 Å². The predicted molar refractivity (Wildman–Crippen MR) is 145 cm³/mol. The summed E-state index contributed by atoms with van der Waals surface area (Å²) >= 11 is 0. The highest BCUT2D eigenvalue weighted by atomic mass is 19.1. The van der Waals surface area contributed by atoms with Crippen molar-refractivity contribution in [3.8, 4) is 6.07 Å². The van der Waals surface area contributed by atoms with Gasteiger partial charge in [0, 0.05) is 25.2 Å². The maximum absolute atomic E-state index is 13.8. The topological polar surface area (TPSA) is 106 Å². The first-order valence-electron chi connectivity index (χ1n) is 14.2. The third-order valence-corrected chi connectivity index (χ3v) is 8.51. The second-order valence-electron chi connectivity index (χ2n) is 13.8. The number of piperidine rings is 1. The number of nitrogens with one attached hydrogen (secondary N) is 1. The monoisotopic (exact) mass is 553 g/mol. The lowest BCUT2D eigenvalue weighted by Crippen LogP contribution is -2.60. The minimum atomic E-state index is -0.943. The molecule has 216 valence electrons. The molecule has 1 saturated carbocycles. The van der Waals surface area contributed by atoms with Gasteiger partial charge in [0.05, 0.1) is 18.2 Å². The highest BCUT2D eigenvalue weighted by Crippen LogP contribution is 2.48. The van der Waals surface area contributed by atoms with Crippen molar-refractivity contribution >= 4 is 17.9 Å². The van der Waals surface area contributed by atoms with Gasteiger partial charge < -0.3 is 19.9 Å². The molecule has 0 spiro atoms. The number of ether oxygens (including phenoxy) is 1. The zero-order valence-corrected chi connectivity index (χ0v) is 24.2. The number of carbonyl (C=O) groups is 3. The van der Waals surface area contributed by atoms with E-state index >= 15 is 0 Å². The summed E-state index contributed by atoms with van der Waals surface area (Å²) in [6.45, 7) is 12.2. The Balaban J connectivity index is 1.35. The fraction of sp³-hybridized carbons (Fsp3) is 0.667. The largest absolute Gasteiger partial charge is 0.444 e. The van der Waals surface area contributed by atoms with E-state index in [4.69, 9.17) is 4.74 Å². The average Bonchev–Trinajstić information content (AvgIpc) is 3.17. The van der Waals surface area contributed by atoms with Gasteiger partial charge in [0.25, 0.3) is 0 Å². The molecule has 1 aromatic rings. The van der Waals surface area contributed by atoms with Gasteiger partial charge in [-0.25, -0.2) is 9.18 Å². The van der Waals surface area contributed by atoms with Crippen molar-refractivity contribution in [2.45, 2.75) is 103 Å². The molecule has 0 aromatic heterocycles. The number of amides is 3. The van der Waals surface area contributed by atoms with Gasteiger partial charge in [-0.1, -0.05) is 32.9 Å². The number of likely N-dealkylation sites (tertiary alicyclic amines) is 3. The fourth-order valence-electron chi connectivity index (χ4n) is 6.89. The van der Waals surface area contributed by atoms with Crippen LogP contribution in [0.15, 0.2) is 24.3 Å². The van der Waals surface area contributed by atoms with E-state index in [0.717, 1.165) is 12.0 Å². The van der Waals surface area contributed by atoms with Crippen LogP contribution in [0.1, 0.15) is 72.4 Å². The van der Waals surface area contributed by atoms with Crippen molar-refractivity contribution < 1.29 is 23.5 Å². The van der Waals surface area contributed by atoms with Crippen LogP contribution in [-0.2, 0) is 14.3 Å². The first kappa shape index (κ1) is 28.3. The molecule has 1 aliphatic carbocycles. The van der Waals surface area contributed by atoms with Crippen LogP contribution in [0.4, 0.5) is 9.18 Å². The Bertz CT molecular complexity index is 1220. The Morgan fingerprint density at radius 3 is 2.38 bits per heavy atom. The maximum Gasteiger partial charge on any atom is 0.408 e. The minimum Gasteiger partial charge on any atom is -0.444 e. The highest BCUT2D eigenvalue weighted by Gasteiger charge is 2.57. The van der Waals surface area contributed by atoms with Gasteiger partial charge >= 0.3 is 6.09 Å². The van der Waals surface area contributed by atoms with Crippen molar-refractivity contribution in [1.29, 1.82) is 5.26 Å². The van der Waals surface area contributed by atoms with E-state index in [2.05, 4.69) is 32.2 Å². The van der Waals surface area contributed by atoms with E-state index in [-0.39, 0.29) is 47.7 Å². The van der Waals surface area contributed by atoms with Crippen LogP contribution >= 0.6 is 0 Å². The number of nitriles is 1. The first-order valence-corrected chi connectivity index (χ1v) is 14.2. The summed E-state index contributed by atoms with van der Waals surface area (Å²) in [5, 5.41) is 12.4. The fourth-order valence-corrected chi connectivity index (χ4v) is 6.89. The standard InChI is InChI=1S/C30H40FN5O4/c1-29(2,3)25(17-7-9-19(31)10-8-17)36-21-13-24(27(36)38)34(15-21)16-22(33-28(39)40-30(4,5)6)26(37)35-20(14-32)11-18-12-23(18)35/h7-10,18,20-25H,11-13,15-16H2,1-6H3,(H,33,39)/t18-,20+,21-,22+,23+,24-,25+/m1/s1. The molecule has 10 heteroatoms. The van der Waals surface area contributed by atoms with Gasteiger partial charge in [0.1, 0.15) is 23.5 Å². The molecule has 4 fully saturated rings. The quantitative estimate of drug-likeness (QED) is 0.577. The lowest BCUT2D eigenvalue weighted by molar-refractivity contribution is -0.144. The SMILES string of the molecule is CC(C)(C)OC(=O)N[C@@H](CN1C[C@H]2C[C@@H]1C(=O)N2[C@@H](c1ccc(F)cc1)C(C)(C)C)C(=O)N1[C@H](C#N)C[C@@H]2C[C@@H]21. The molecule has 0 unspecified atom stereocenters. The number of rotatable bonds is 6. The van der Waals surface area contributed by atoms with Crippen LogP contribution in [0.5, 0.6) is 0 Å². The summed E-state index contributed by atoms with van der Waals surface area (Å²) in [6.07, 6.45) is 1.45. The number of fused-ring (bicyclic) bond motifs is 3. The Kier molecular flexibility index (Phi) is 7.10. The summed E-state index contributed by atoms with van der Waals surface area (Å²) in [6, 6.07) is 6.44. The zero-order valence-electron chi connectivity index (χ0n) is 24.2. The van der Waals surface area contributed by atoms with E-state index in [1.165, 1.54) is 12.1 Å². The van der Waals surface area contributed by atoms with Crippen LogP contribution in [0.2, 0.25) is 0 Å². The van der Waals surface area contributed by atoms with Gasteiger partial charge in [-0.05, 0) is 69.1 Å². The normalized spacial score (nSPS) is 29.1. The molecule has 3 heterocycles. The highest BCUT2D eigenvalue weighted by molar-refractivity contribution is 5.89. The number of hydrogen-bond acceptors (Lipinski definition) is 6. The molecular weight excluding hydrogens is 513 g/mol. The summed E-state index contributed by atoms with van der Waals surface area (Å²) in [5.41, 5.74) is -0.146. The minimum absolute atomic E-state index is 0.0257. The van der Waals surface area contributed by atoms with Gasteiger partial charge in [0.2, 0.25) is 11.8 Å². The second kappa shape index (κ2) is 10.0. The molecule has 40 heavy (non-hydrogen) atoms. The Labute approximate surface area is 235 Å². The van der Waals surface area contributed by atoms with Crippen molar-refractivity contribution in [2.75, 3.05) is 13.1 Å². The molecule has 0 radical (unpaired) electrons. The number of alkyl carbamates (subject to hydrolysis) is 1. The summed E-state index contributed by atoms with van der Waals surface area (Å²) < 4.78 is 19.1. The molecule has 3 aliphatic heterocycles. The van der Waals surface area contributed by atoms with Crippen molar-refractivity contribution in [3.05, 3.63) is 35.6 Å². The maximum atomic E-state index is 13.8. The lowest BCUT2D eigenvalue weighted by atomic mass is 9.80. The zero-order chi connectivity index (χ0) is 29.1. The van der Waals surface area contributed by atoms with E-state index in [9.17, 15) is 24.0 Å². The summed E-state index contributed by atoms with van der Waals surface area (Å²) in [7, 11) is 0. The Hall–Kier alpha value is -3.19. The molecule has 1 N–H and O–H groups in total. The molecule has 9 nitrogen and oxygen atoms in total. The van der Waals surface area contributed by atoms with Crippen molar-refractivity contribution in [2.24, 2.45) is 11.3 Å². The molecular formula is C30H40FN5O4.